The summed E-state index contributed by atoms with van der Waals surface area (Å²) in [6.07, 6.45) is 1.35. The number of carbonyl (C=O) groups excluding carboxylic acids is 1. The lowest BCUT2D eigenvalue weighted by molar-refractivity contribution is -0.133. The number of β-amino-alcohol motifs (C(OH)–C–C–N with tert-alkyl or cyclic N) is 1. The van der Waals surface area contributed by atoms with E-state index in [1.165, 1.54) is 16.7 Å². The molecule has 1 saturated heterocycles. The molecule has 2 heterocycles. The zero-order valence-corrected chi connectivity index (χ0v) is 13.4. The lowest BCUT2D eigenvalue weighted by atomic mass is 10.0. The number of pyridine rings is 1. The Kier molecular flexibility index (Phi) is 4.49. The summed E-state index contributed by atoms with van der Waals surface area (Å²) in [6, 6.07) is 9.04. The van der Waals surface area contributed by atoms with Gasteiger partial charge in [-0.15, -0.1) is 0 Å². The number of hydrogen-bond donors (Lipinski definition) is 1. The number of hydrogen-bond acceptors (Lipinski definition) is 3. The molecular formula is C18H19FN2O3. The molecule has 0 unspecified atom stereocenters. The van der Waals surface area contributed by atoms with Crippen LogP contribution in [0.2, 0.25) is 0 Å². The Bertz CT molecular complexity index is 801. The van der Waals surface area contributed by atoms with Gasteiger partial charge in [0.2, 0.25) is 5.91 Å². The zero-order valence-electron chi connectivity index (χ0n) is 13.4. The van der Waals surface area contributed by atoms with Crippen molar-refractivity contribution in [2.75, 3.05) is 6.54 Å². The molecule has 1 fully saturated rings. The van der Waals surface area contributed by atoms with E-state index in [-0.39, 0.29) is 36.4 Å². The standard InChI is InChI=1S/C18H19FN2O3/c1-12-3-2-8-20(18(12)24)11-17(23)21-10-15(22)9-16(21)13-4-6-14(19)7-5-13/h2-8,15-16,22H,9-11H2,1H3/t15-,16-/m0/s1. The van der Waals surface area contributed by atoms with Crippen LogP contribution in [0, 0.1) is 12.7 Å². The lowest BCUT2D eigenvalue weighted by Crippen LogP contribution is -2.37. The number of aryl methyl sites for hydroxylation is 1. The van der Waals surface area contributed by atoms with Crippen LogP contribution in [-0.4, -0.2) is 33.1 Å². The number of aromatic nitrogens is 1. The van der Waals surface area contributed by atoms with E-state index in [9.17, 15) is 19.1 Å². The van der Waals surface area contributed by atoms with Crippen molar-refractivity contribution in [2.45, 2.75) is 32.0 Å². The van der Waals surface area contributed by atoms with Crippen molar-refractivity contribution in [3.63, 3.8) is 0 Å². The van der Waals surface area contributed by atoms with Crippen molar-refractivity contribution in [1.29, 1.82) is 0 Å². The maximum absolute atomic E-state index is 13.1. The Morgan fingerprint density at radius 2 is 2.00 bits per heavy atom. The smallest absolute Gasteiger partial charge is 0.253 e. The molecule has 1 aliphatic rings. The predicted molar refractivity (Wildman–Crippen MR) is 86.9 cm³/mol. The van der Waals surface area contributed by atoms with Crippen LogP contribution in [0.15, 0.2) is 47.4 Å². The lowest BCUT2D eigenvalue weighted by Gasteiger charge is -2.25. The van der Waals surface area contributed by atoms with E-state index in [1.807, 2.05) is 0 Å². The molecule has 2 atom stereocenters. The van der Waals surface area contributed by atoms with Crippen LogP contribution >= 0.6 is 0 Å². The zero-order chi connectivity index (χ0) is 17.3. The van der Waals surface area contributed by atoms with Gasteiger partial charge >= 0.3 is 0 Å². The Morgan fingerprint density at radius 1 is 1.29 bits per heavy atom. The van der Waals surface area contributed by atoms with Crippen LogP contribution in [0.4, 0.5) is 4.39 Å². The molecule has 0 radical (unpaired) electrons. The van der Waals surface area contributed by atoms with Gasteiger partial charge in [0, 0.05) is 18.3 Å². The minimum Gasteiger partial charge on any atom is -0.391 e. The molecule has 24 heavy (non-hydrogen) atoms. The van der Waals surface area contributed by atoms with E-state index in [2.05, 4.69) is 0 Å². The van der Waals surface area contributed by atoms with Crippen LogP contribution in [0.25, 0.3) is 0 Å². The van der Waals surface area contributed by atoms with E-state index in [0.717, 1.165) is 5.56 Å². The van der Waals surface area contributed by atoms with E-state index >= 15 is 0 Å². The maximum atomic E-state index is 13.1. The molecule has 0 spiro atoms. The Labute approximate surface area is 139 Å². The van der Waals surface area contributed by atoms with Gasteiger partial charge in [-0.25, -0.2) is 4.39 Å². The van der Waals surface area contributed by atoms with Gasteiger partial charge in [0.15, 0.2) is 0 Å². The van der Waals surface area contributed by atoms with Gasteiger partial charge in [-0.3, -0.25) is 9.59 Å². The minimum atomic E-state index is -0.627. The highest BCUT2D eigenvalue weighted by Crippen LogP contribution is 2.32. The van der Waals surface area contributed by atoms with E-state index in [1.54, 1.807) is 42.3 Å². The van der Waals surface area contributed by atoms with Crippen LogP contribution < -0.4 is 5.56 Å². The highest BCUT2D eigenvalue weighted by Gasteiger charge is 2.35. The Hall–Kier alpha value is -2.47. The molecule has 6 heteroatoms. The number of likely N-dealkylation sites (tertiary alicyclic amines) is 1. The number of amides is 1. The molecule has 1 N–H and O–H groups in total. The van der Waals surface area contributed by atoms with E-state index in [0.29, 0.717) is 12.0 Å². The fraction of sp³-hybridized carbons (Fsp3) is 0.333. The van der Waals surface area contributed by atoms with Crippen molar-refractivity contribution < 1.29 is 14.3 Å². The third kappa shape index (κ3) is 3.23. The number of carbonyl (C=O) groups is 1. The van der Waals surface area contributed by atoms with Gasteiger partial charge in [0.05, 0.1) is 12.1 Å². The molecule has 1 aromatic heterocycles. The van der Waals surface area contributed by atoms with E-state index < -0.39 is 6.10 Å². The first-order valence-electron chi connectivity index (χ1n) is 7.85. The summed E-state index contributed by atoms with van der Waals surface area (Å²) in [4.78, 5) is 26.3. The molecule has 126 valence electrons. The Morgan fingerprint density at radius 3 is 2.71 bits per heavy atom. The third-order valence-corrected chi connectivity index (χ3v) is 4.37. The Balaban J connectivity index is 1.83. The maximum Gasteiger partial charge on any atom is 0.253 e. The quantitative estimate of drug-likeness (QED) is 0.930. The average Bonchev–Trinajstić information content (AvgIpc) is 2.94. The summed E-state index contributed by atoms with van der Waals surface area (Å²) in [5.41, 5.74) is 1.14. The molecule has 3 rings (SSSR count). The summed E-state index contributed by atoms with van der Waals surface area (Å²) in [5.74, 6) is -0.588. The van der Waals surface area contributed by atoms with Crippen molar-refractivity contribution >= 4 is 5.91 Å². The van der Waals surface area contributed by atoms with Gasteiger partial charge in [0.25, 0.3) is 5.56 Å². The number of rotatable bonds is 3. The highest BCUT2D eigenvalue weighted by molar-refractivity contribution is 5.77. The van der Waals surface area contributed by atoms with E-state index in [4.69, 9.17) is 0 Å². The SMILES string of the molecule is Cc1cccn(CC(=O)N2C[C@@H](O)C[C@H]2c2ccc(F)cc2)c1=O. The second-order valence-corrected chi connectivity index (χ2v) is 6.13. The average molecular weight is 330 g/mol. The van der Waals surface area contributed by atoms with Crippen LogP contribution in [0.5, 0.6) is 0 Å². The number of aliphatic hydroxyl groups is 1. The first-order chi connectivity index (χ1) is 11.5. The second-order valence-electron chi connectivity index (χ2n) is 6.13. The summed E-state index contributed by atoms with van der Waals surface area (Å²) in [7, 11) is 0. The molecule has 0 bridgehead atoms. The largest absolute Gasteiger partial charge is 0.391 e. The fourth-order valence-corrected chi connectivity index (χ4v) is 3.11. The molecule has 1 amide bonds. The number of halogens is 1. The molecule has 0 saturated carbocycles. The molecule has 5 nitrogen and oxygen atoms in total. The summed E-state index contributed by atoms with van der Waals surface area (Å²) >= 11 is 0. The van der Waals surface area contributed by atoms with Gasteiger partial charge in [-0.1, -0.05) is 18.2 Å². The number of aliphatic hydroxyl groups excluding tert-OH is 1. The van der Waals surface area contributed by atoms with Gasteiger partial charge in [-0.05, 0) is 37.1 Å². The minimum absolute atomic E-state index is 0.0784. The van der Waals surface area contributed by atoms with Crippen LogP contribution in [-0.2, 0) is 11.3 Å². The summed E-state index contributed by atoms with van der Waals surface area (Å²) in [5, 5.41) is 9.96. The highest BCUT2D eigenvalue weighted by atomic mass is 19.1. The molecule has 1 aromatic carbocycles. The molecule has 2 aromatic rings. The van der Waals surface area contributed by atoms with Crippen molar-refractivity contribution in [2.24, 2.45) is 0 Å². The van der Waals surface area contributed by atoms with Crippen LogP contribution in [0.3, 0.4) is 0 Å². The second kappa shape index (κ2) is 6.57. The first-order valence-corrected chi connectivity index (χ1v) is 7.85. The van der Waals surface area contributed by atoms with Crippen LogP contribution in [0.1, 0.15) is 23.6 Å². The first kappa shape index (κ1) is 16.4. The topological polar surface area (TPSA) is 62.5 Å². The number of benzene rings is 1. The van der Waals surface area contributed by atoms with Gasteiger partial charge in [0.1, 0.15) is 12.4 Å². The molecule has 1 aliphatic heterocycles. The van der Waals surface area contributed by atoms with Gasteiger partial charge < -0.3 is 14.6 Å². The third-order valence-electron chi connectivity index (χ3n) is 4.37. The summed E-state index contributed by atoms with van der Waals surface area (Å²) < 4.78 is 14.5. The normalized spacial score (nSPS) is 20.4. The van der Waals surface area contributed by atoms with Crippen molar-refractivity contribution in [3.8, 4) is 0 Å². The summed E-state index contributed by atoms with van der Waals surface area (Å²) in [6.45, 7) is 1.83. The number of nitrogens with zero attached hydrogens (tertiary/aromatic N) is 2. The monoisotopic (exact) mass is 330 g/mol. The molecule has 0 aliphatic carbocycles. The fourth-order valence-electron chi connectivity index (χ4n) is 3.11. The predicted octanol–water partition coefficient (Wildman–Crippen LogP) is 1.63. The van der Waals surface area contributed by atoms with Crippen molar-refractivity contribution in [1.82, 2.24) is 9.47 Å². The molecular weight excluding hydrogens is 311 g/mol. The van der Waals surface area contributed by atoms with Gasteiger partial charge in [-0.2, -0.15) is 0 Å². The van der Waals surface area contributed by atoms with Crippen molar-refractivity contribution in [3.05, 3.63) is 69.9 Å².